The van der Waals surface area contributed by atoms with Crippen molar-refractivity contribution in [1.29, 1.82) is 0 Å². The monoisotopic (exact) mass is 318 g/mol. The Labute approximate surface area is 137 Å². The maximum Gasteiger partial charge on any atom is 0.143 e. The summed E-state index contributed by atoms with van der Waals surface area (Å²) in [5.74, 6) is 0. The highest BCUT2D eigenvalue weighted by molar-refractivity contribution is 7.74. The molecule has 1 heterocycles. The van der Waals surface area contributed by atoms with E-state index in [1.54, 1.807) is 0 Å². The first-order valence-electron chi connectivity index (χ1n) is 8.00. The van der Waals surface area contributed by atoms with Gasteiger partial charge in [0.25, 0.3) is 0 Å². The van der Waals surface area contributed by atoms with Gasteiger partial charge < -0.3 is 4.42 Å². The minimum Gasteiger partial charge on any atom is -0.455 e. The van der Waals surface area contributed by atoms with Gasteiger partial charge in [-0.05, 0) is 25.0 Å². The molecule has 0 saturated heterocycles. The smallest absolute Gasteiger partial charge is 0.143 e. The average Bonchev–Trinajstić information content (AvgIpc) is 2.95. The molecule has 0 aliphatic heterocycles. The fraction of sp³-hybridized carbons (Fsp3) is 0.143. The van der Waals surface area contributed by atoms with Gasteiger partial charge in [0, 0.05) is 16.1 Å². The minimum absolute atomic E-state index is 0.440. The number of fused-ring (bicyclic) bond motifs is 3. The molecule has 0 aliphatic carbocycles. The van der Waals surface area contributed by atoms with Gasteiger partial charge in [-0.3, -0.25) is 0 Å². The first-order chi connectivity index (χ1) is 11.3. The molecule has 0 spiro atoms. The van der Waals surface area contributed by atoms with E-state index in [0.29, 0.717) is 5.66 Å². The van der Waals surface area contributed by atoms with Crippen molar-refractivity contribution in [3.05, 3.63) is 72.8 Å². The van der Waals surface area contributed by atoms with Crippen molar-refractivity contribution >= 4 is 40.5 Å². The molecule has 1 unspecified atom stereocenters. The van der Waals surface area contributed by atoms with Crippen LogP contribution in [0, 0.1) is 0 Å². The van der Waals surface area contributed by atoms with Gasteiger partial charge in [-0.1, -0.05) is 80.6 Å². The molecule has 1 nitrogen and oxygen atoms in total. The van der Waals surface area contributed by atoms with Crippen LogP contribution in [0.3, 0.4) is 0 Å². The van der Waals surface area contributed by atoms with Crippen LogP contribution in [0.5, 0.6) is 0 Å². The van der Waals surface area contributed by atoms with Crippen molar-refractivity contribution < 1.29 is 4.42 Å². The zero-order valence-electron chi connectivity index (χ0n) is 13.4. The van der Waals surface area contributed by atoms with Crippen LogP contribution in [-0.4, -0.2) is 5.66 Å². The van der Waals surface area contributed by atoms with Crippen LogP contribution in [0.1, 0.15) is 13.8 Å². The Morgan fingerprint density at radius 1 is 0.739 bits per heavy atom. The normalized spacial score (nSPS) is 13.0. The summed E-state index contributed by atoms with van der Waals surface area (Å²) in [5.41, 5.74) is 2.59. The largest absolute Gasteiger partial charge is 0.455 e. The molecule has 3 aromatic carbocycles. The Kier molecular flexibility index (Phi) is 3.67. The van der Waals surface area contributed by atoms with E-state index in [2.05, 4.69) is 80.6 Å². The first kappa shape index (κ1) is 14.5. The molecule has 0 bridgehead atoms. The lowest BCUT2D eigenvalue weighted by Crippen LogP contribution is -2.18. The molecule has 1 aromatic heterocycles. The Morgan fingerprint density at radius 2 is 1.43 bits per heavy atom. The van der Waals surface area contributed by atoms with Gasteiger partial charge in [0.1, 0.15) is 11.2 Å². The number of benzene rings is 3. The van der Waals surface area contributed by atoms with Crippen LogP contribution >= 0.6 is 7.92 Å². The molecule has 0 saturated carbocycles. The van der Waals surface area contributed by atoms with E-state index in [1.165, 1.54) is 21.4 Å². The first-order valence-corrected chi connectivity index (χ1v) is 9.41. The van der Waals surface area contributed by atoms with Crippen LogP contribution < -0.4 is 10.6 Å². The standard InChI is InChI=1S/C21H19OP/c1-15(2)23(16-9-4-3-5-10-16)20-14-8-12-18-17-11-6-7-13-19(17)22-21(18)20/h3-15H,1-2H3. The Balaban J connectivity index is 2.00. The fourth-order valence-corrected chi connectivity index (χ4v) is 5.78. The lowest BCUT2D eigenvalue weighted by Gasteiger charge is -2.22. The van der Waals surface area contributed by atoms with E-state index < -0.39 is 7.92 Å². The fourth-order valence-electron chi connectivity index (χ4n) is 3.23. The van der Waals surface area contributed by atoms with Crippen molar-refractivity contribution in [3.63, 3.8) is 0 Å². The lowest BCUT2D eigenvalue weighted by molar-refractivity contribution is 0.671. The van der Waals surface area contributed by atoms with Crippen LogP contribution in [0.2, 0.25) is 0 Å². The highest BCUT2D eigenvalue weighted by Gasteiger charge is 2.22. The molecular formula is C21H19OP. The van der Waals surface area contributed by atoms with Gasteiger partial charge >= 0.3 is 0 Å². The summed E-state index contributed by atoms with van der Waals surface area (Å²) in [5, 5.41) is 5.18. The minimum atomic E-state index is -0.440. The summed E-state index contributed by atoms with van der Waals surface area (Å²) < 4.78 is 6.25. The summed E-state index contributed by atoms with van der Waals surface area (Å²) in [6.45, 7) is 4.61. The van der Waals surface area contributed by atoms with Gasteiger partial charge in [-0.15, -0.1) is 0 Å². The second-order valence-electron chi connectivity index (χ2n) is 6.05. The summed E-state index contributed by atoms with van der Waals surface area (Å²) in [6.07, 6.45) is 0. The van der Waals surface area contributed by atoms with Crippen molar-refractivity contribution in [2.45, 2.75) is 19.5 Å². The molecule has 4 aromatic rings. The van der Waals surface area contributed by atoms with E-state index in [4.69, 9.17) is 4.42 Å². The number of furan rings is 1. The van der Waals surface area contributed by atoms with Gasteiger partial charge in [0.2, 0.25) is 0 Å². The maximum absolute atomic E-state index is 6.25. The molecule has 1 atom stereocenters. The topological polar surface area (TPSA) is 13.1 Å². The molecule has 0 fully saturated rings. The molecule has 2 heteroatoms. The molecule has 0 amide bonds. The highest BCUT2D eigenvalue weighted by Crippen LogP contribution is 2.42. The second-order valence-corrected chi connectivity index (χ2v) is 8.82. The van der Waals surface area contributed by atoms with Gasteiger partial charge in [-0.25, -0.2) is 0 Å². The quantitative estimate of drug-likeness (QED) is 0.459. The number of hydrogen-bond acceptors (Lipinski definition) is 1. The predicted molar refractivity (Wildman–Crippen MR) is 101 cm³/mol. The van der Waals surface area contributed by atoms with Crippen LogP contribution in [-0.2, 0) is 0 Å². The third-order valence-electron chi connectivity index (χ3n) is 4.19. The third-order valence-corrected chi connectivity index (χ3v) is 6.95. The Bertz CT molecular complexity index is 953. The zero-order chi connectivity index (χ0) is 15.8. The lowest BCUT2D eigenvalue weighted by atomic mass is 10.1. The predicted octanol–water partition coefficient (Wildman–Crippen LogP) is 5.43. The second kappa shape index (κ2) is 5.83. The van der Waals surface area contributed by atoms with E-state index >= 15 is 0 Å². The van der Waals surface area contributed by atoms with Crippen molar-refractivity contribution in [3.8, 4) is 0 Å². The Hall–Kier alpha value is -2.11. The third kappa shape index (κ3) is 2.46. The van der Waals surface area contributed by atoms with Gasteiger partial charge in [-0.2, -0.15) is 0 Å². The SMILES string of the molecule is CC(C)P(c1ccccc1)c1cccc2c1oc1ccccc12. The highest BCUT2D eigenvalue weighted by atomic mass is 31.1. The summed E-state index contributed by atoms with van der Waals surface area (Å²) >= 11 is 0. The molecular weight excluding hydrogens is 299 g/mol. The Morgan fingerprint density at radius 3 is 2.22 bits per heavy atom. The van der Waals surface area contributed by atoms with E-state index in [1.807, 2.05) is 6.07 Å². The van der Waals surface area contributed by atoms with Crippen molar-refractivity contribution in [2.24, 2.45) is 0 Å². The molecule has 4 rings (SSSR count). The molecule has 0 radical (unpaired) electrons. The summed E-state index contributed by atoms with van der Waals surface area (Å²) in [6, 6.07) is 25.7. The van der Waals surface area contributed by atoms with E-state index in [0.717, 1.165) is 11.2 Å². The van der Waals surface area contributed by atoms with Crippen LogP contribution in [0.25, 0.3) is 21.9 Å². The molecule has 0 aliphatic rings. The summed E-state index contributed by atoms with van der Waals surface area (Å²) in [4.78, 5) is 0. The number of hydrogen-bond donors (Lipinski definition) is 0. The number of rotatable bonds is 3. The molecule has 0 N–H and O–H groups in total. The van der Waals surface area contributed by atoms with Crippen LogP contribution in [0.15, 0.2) is 77.2 Å². The van der Waals surface area contributed by atoms with Crippen LogP contribution in [0.4, 0.5) is 0 Å². The van der Waals surface area contributed by atoms with Crippen molar-refractivity contribution in [2.75, 3.05) is 0 Å². The van der Waals surface area contributed by atoms with E-state index in [9.17, 15) is 0 Å². The van der Waals surface area contributed by atoms with Gasteiger partial charge in [0.05, 0.1) is 0 Å². The molecule has 23 heavy (non-hydrogen) atoms. The van der Waals surface area contributed by atoms with Gasteiger partial charge in [0.15, 0.2) is 0 Å². The average molecular weight is 318 g/mol. The summed E-state index contributed by atoms with van der Waals surface area (Å²) in [7, 11) is -0.440. The van der Waals surface area contributed by atoms with E-state index in [-0.39, 0.29) is 0 Å². The maximum atomic E-state index is 6.25. The number of para-hydroxylation sites is 2. The van der Waals surface area contributed by atoms with Crippen molar-refractivity contribution in [1.82, 2.24) is 0 Å². The molecule has 114 valence electrons. The zero-order valence-corrected chi connectivity index (χ0v) is 14.3.